The van der Waals surface area contributed by atoms with Crippen LogP contribution < -0.4 is 10.4 Å². The third-order valence-electron chi connectivity index (χ3n) is 4.35. The highest BCUT2D eigenvalue weighted by atomic mass is 32.2. The summed E-state index contributed by atoms with van der Waals surface area (Å²) in [5.74, 6) is 0.135. The van der Waals surface area contributed by atoms with Crippen molar-refractivity contribution in [3.8, 4) is 5.75 Å². The predicted molar refractivity (Wildman–Crippen MR) is 110 cm³/mol. The maximum absolute atomic E-state index is 12.8. The molecule has 28 heavy (non-hydrogen) atoms. The average Bonchev–Trinajstić information content (AvgIpc) is 2.66. The zero-order valence-corrected chi connectivity index (χ0v) is 16.7. The van der Waals surface area contributed by atoms with E-state index in [1.54, 1.807) is 56.3 Å². The first-order valence-corrected chi connectivity index (χ1v) is 10.2. The molecule has 0 aliphatic rings. The van der Waals surface area contributed by atoms with Crippen molar-refractivity contribution in [2.75, 3.05) is 5.32 Å². The molecule has 3 aromatic rings. The molecule has 5 nitrogen and oxygen atoms in total. The molecule has 0 aromatic heterocycles. The standard InChI is InChI=1S/C22H22N2O3S/c1-15-9-11-19(12-10-15)28(26,27)24-22(18-7-5-4-6-8-18)23-20-13-17(3)21(25)14-16(20)2/h4-14,25H,1-3H3,(H,23,24)/p-1. The zero-order valence-electron chi connectivity index (χ0n) is 15.9. The number of nitrogens with one attached hydrogen (secondary N) is 1. The summed E-state index contributed by atoms with van der Waals surface area (Å²) >= 11 is 0. The lowest BCUT2D eigenvalue weighted by Crippen LogP contribution is -2.17. The van der Waals surface area contributed by atoms with Crippen LogP contribution in [0.4, 0.5) is 5.69 Å². The Morgan fingerprint density at radius 1 is 0.893 bits per heavy atom. The van der Waals surface area contributed by atoms with Crippen LogP contribution in [-0.4, -0.2) is 14.3 Å². The van der Waals surface area contributed by atoms with Crippen LogP contribution in [0.5, 0.6) is 5.75 Å². The van der Waals surface area contributed by atoms with Gasteiger partial charge in [-0.15, -0.1) is 10.1 Å². The summed E-state index contributed by atoms with van der Waals surface area (Å²) < 4.78 is 29.8. The van der Waals surface area contributed by atoms with Gasteiger partial charge in [-0.3, -0.25) is 0 Å². The molecular formula is C22H21N2O3S-. The third-order valence-corrected chi connectivity index (χ3v) is 5.64. The Hall–Kier alpha value is -3.12. The van der Waals surface area contributed by atoms with Gasteiger partial charge in [0.05, 0.1) is 4.90 Å². The lowest BCUT2D eigenvalue weighted by Gasteiger charge is -2.17. The highest BCUT2D eigenvalue weighted by molar-refractivity contribution is 7.90. The quantitative estimate of drug-likeness (QED) is 0.538. The topological polar surface area (TPSA) is 81.6 Å². The number of aryl methyl sites for hydroxylation is 3. The molecule has 0 radical (unpaired) electrons. The maximum atomic E-state index is 12.8. The fourth-order valence-electron chi connectivity index (χ4n) is 2.68. The van der Waals surface area contributed by atoms with Crippen molar-refractivity contribution < 1.29 is 13.5 Å². The van der Waals surface area contributed by atoms with Gasteiger partial charge in [-0.25, -0.2) is 0 Å². The number of rotatable bonds is 4. The van der Waals surface area contributed by atoms with E-state index in [0.717, 1.165) is 5.56 Å². The zero-order chi connectivity index (χ0) is 20.3. The van der Waals surface area contributed by atoms with Gasteiger partial charge in [0.1, 0.15) is 0 Å². The first kappa shape index (κ1) is 19.6. The monoisotopic (exact) mass is 393 g/mol. The molecule has 0 unspecified atom stereocenters. The summed E-state index contributed by atoms with van der Waals surface area (Å²) in [6.07, 6.45) is 0. The van der Waals surface area contributed by atoms with Crippen LogP contribution in [0.25, 0.3) is 0 Å². The molecule has 0 atom stereocenters. The van der Waals surface area contributed by atoms with Crippen LogP contribution in [0, 0.1) is 20.8 Å². The second-order valence-corrected chi connectivity index (χ2v) is 8.26. The molecule has 0 bridgehead atoms. The molecular weight excluding hydrogens is 372 g/mol. The van der Waals surface area contributed by atoms with Gasteiger partial charge in [0.25, 0.3) is 10.0 Å². The minimum absolute atomic E-state index is 0.0615. The second-order valence-electron chi connectivity index (χ2n) is 6.65. The fourth-order valence-corrected chi connectivity index (χ4v) is 3.66. The van der Waals surface area contributed by atoms with Gasteiger partial charge in [0.2, 0.25) is 0 Å². The average molecular weight is 393 g/mol. The number of nitrogens with zero attached hydrogens (tertiary/aromatic N) is 1. The number of hydrogen-bond acceptors (Lipinski definition) is 3. The molecule has 0 saturated carbocycles. The molecule has 3 aromatic carbocycles. The summed E-state index contributed by atoms with van der Waals surface area (Å²) in [7, 11) is -3.91. The van der Waals surface area contributed by atoms with Crippen LogP contribution in [-0.2, 0) is 10.0 Å². The second kappa shape index (κ2) is 7.86. The van der Waals surface area contributed by atoms with E-state index in [1.165, 1.54) is 6.07 Å². The van der Waals surface area contributed by atoms with E-state index < -0.39 is 10.0 Å². The van der Waals surface area contributed by atoms with Crippen molar-refractivity contribution in [2.24, 2.45) is 4.40 Å². The van der Waals surface area contributed by atoms with Crippen LogP contribution in [0.15, 0.2) is 76.0 Å². The molecule has 144 valence electrons. The van der Waals surface area contributed by atoms with Gasteiger partial charge in [-0.05, 0) is 44.5 Å². The molecule has 0 fully saturated rings. The lowest BCUT2D eigenvalue weighted by atomic mass is 10.1. The highest BCUT2D eigenvalue weighted by Gasteiger charge is 2.16. The minimum Gasteiger partial charge on any atom is -0.872 e. The number of amidine groups is 1. The normalized spacial score (nSPS) is 12.0. The summed E-state index contributed by atoms with van der Waals surface area (Å²) in [5, 5.41) is 14.9. The maximum Gasteiger partial charge on any atom is 0.284 e. The Kier molecular flexibility index (Phi) is 5.51. The van der Waals surface area contributed by atoms with E-state index in [2.05, 4.69) is 9.71 Å². The van der Waals surface area contributed by atoms with Gasteiger partial charge < -0.3 is 10.4 Å². The molecule has 0 heterocycles. The van der Waals surface area contributed by atoms with Crippen molar-refractivity contribution in [1.82, 2.24) is 0 Å². The Morgan fingerprint density at radius 2 is 1.54 bits per heavy atom. The summed E-state index contributed by atoms with van der Waals surface area (Å²) in [4.78, 5) is 0.121. The third kappa shape index (κ3) is 4.40. The molecule has 6 heteroatoms. The summed E-state index contributed by atoms with van der Waals surface area (Å²) in [6.45, 7) is 5.40. The Morgan fingerprint density at radius 3 is 2.18 bits per heavy atom. The van der Waals surface area contributed by atoms with E-state index in [-0.39, 0.29) is 16.5 Å². The van der Waals surface area contributed by atoms with Crippen LogP contribution in [0.1, 0.15) is 22.3 Å². The number of benzene rings is 3. The number of anilines is 1. The number of sulfonamides is 1. The smallest absolute Gasteiger partial charge is 0.284 e. The molecule has 0 aliphatic carbocycles. The van der Waals surface area contributed by atoms with Crippen molar-refractivity contribution in [2.45, 2.75) is 25.7 Å². The van der Waals surface area contributed by atoms with Gasteiger partial charge in [0, 0.05) is 11.3 Å². The first-order valence-electron chi connectivity index (χ1n) is 8.78. The fraction of sp³-hybridized carbons (Fsp3) is 0.136. The van der Waals surface area contributed by atoms with Crippen LogP contribution in [0.3, 0.4) is 0 Å². The minimum atomic E-state index is -3.91. The molecule has 1 N–H and O–H groups in total. The Bertz CT molecular complexity index is 1120. The van der Waals surface area contributed by atoms with Crippen molar-refractivity contribution in [3.63, 3.8) is 0 Å². The Balaban J connectivity index is 2.09. The summed E-state index contributed by atoms with van der Waals surface area (Å²) in [6, 6.07) is 18.8. The molecule has 0 saturated heterocycles. The first-order chi connectivity index (χ1) is 13.3. The van der Waals surface area contributed by atoms with Gasteiger partial charge in [-0.1, -0.05) is 59.7 Å². The Labute approximate surface area is 165 Å². The van der Waals surface area contributed by atoms with E-state index >= 15 is 0 Å². The van der Waals surface area contributed by atoms with Crippen LogP contribution in [0.2, 0.25) is 0 Å². The van der Waals surface area contributed by atoms with Crippen molar-refractivity contribution in [3.05, 3.63) is 89.0 Å². The van der Waals surface area contributed by atoms with Crippen LogP contribution >= 0.6 is 0 Å². The highest BCUT2D eigenvalue weighted by Crippen LogP contribution is 2.24. The molecule has 0 amide bonds. The number of hydrogen-bond donors (Lipinski definition) is 1. The lowest BCUT2D eigenvalue weighted by molar-refractivity contribution is -0.269. The van der Waals surface area contributed by atoms with Gasteiger partial charge in [0.15, 0.2) is 5.84 Å². The van der Waals surface area contributed by atoms with E-state index in [0.29, 0.717) is 22.4 Å². The SMILES string of the molecule is Cc1ccc(S(=O)(=O)N=C(Nc2cc(C)c([O-])cc2C)c2ccccc2)cc1. The van der Waals surface area contributed by atoms with E-state index in [4.69, 9.17) is 0 Å². The summed E-state index contributed by atoms with van der Waals surface area (Å²) in [5.41, 5.74) is 3.52. The van der Waals surface area contributed by atoms with E-state index in [9.17, 15) is 13.5 Å². The molecule has 0 spiro atoms. The molecule has 0 aliphatic heterocycles. The predicted octanol–water partition coefficient (Wildman–Crippen LogP) is 3.93. The van der Waals surface area contributed by atoms with Crippen molar-refractivity contribution >= 4 is 21.5 Å². The molecule has 3 rings (SSSR count). The van der Waals surface area contributed by atoms with E-state index in [1.807, 2.05) is 25.1 Å². The largest absolute Gasteiger partial charge is 0.872 e. The van der Waals surface area contributed by atoms with Crippen molar-refractivity contribution in [1.29, 1.82) is 0 Å². The van der Waals surface area contributed by atoms with Gasteiger partial charge in [-0.2, -0.15) is 8.42 Å². The van der Waals surface area contributed by atoms with Gasteiger partial charge >= 0.3 is 0 Å².